The highest BCUT2D eigenvalue weighted by molar-refractivity contribution is 6.30. The number of carboxylic acid groups (broad SMARTS) is 1. The fourth-order valence-corrected chi connectivity index (χ4v) is 3.98. The van der Waals surface area contributed by atoms with E-state index >= 15 is 0 Å². The lowest BCUT2D eigenvalue weighted by atomic mass is 9.88. The fourth-order valence-electron chi connectivity index (χ4n) is 3.85. The molecule has 4 aromatic rings. The van der Waals surface area contributed by atoms with Crippen molar-refractivity contribution in [3.05, 3.63) is 106 Å². The summed E-state index contributed by atoms with van der Waals surface area (Å²) in [5, 5.41) is 30.9. The number of aryl methyl sites for hydroxylation is 1. The van der Waals surface area contributed by atoms with Crippen molar-refractivity contribution in [1.29, 1.82) is 0 Å². The first-order chi connectivity index (χ1) is 17.4. The molecule has 0 spiro atoms. The van der Waals surface area contributed by atoms with Gasteiger partial charge in [0.05, 0.1) is 12.0 Å². The molecule has 5 heteroatoms. The highest BCUT2D eigenvalue weighted by atomic mass is 35.5. The number of hydrogen-bond donors (Lipinski definition) is 3. The fraction of sp³-hybridized carbons (Fsp3) is 0.219. The van der Waals surface area contributed by atoms with Crippen molar-refractivity contribution in [2.75, 3.05) is 0 Å². The highest BCUT2D eigenvalue weighted by Crippen LogP contribution is 2.36. The summed E-state index contributed by atoms with van der Waals surface area (Å²) in [7, 11) is 0. The van der Waals surface area contributed by atoms with Crippen LogP contribution in [0.2, 0.25) is 5.02 Å². The molecule has 4 rings (SSSR count). The first kappa shape index (κ1) is 28.0. The van der Waals surface area contributed by atoms with Crippen LogP contribution in [0.15, 0.2) is 78.9 Å². The summed E-state index contributed by atoms with van der Waals surface area (Å²) in [6, 6.07) is 24.5. The highest BCUT2D eigenvalue weighted by Gasteiger charge is 2.16. The third kappa shape index (κ3) is 8.20. The lowest BCUT2D eigenvalue weighted by Gasteiger charge is -2.16. The van der Waals surface area contributed by atoms with Crippen LogP contribution in [0.25, 0.3) is 21.9 Å². The lowest BCUT2D eigenvalue weighted by Crippen LogP contribution is -2.10. The maximum atomic E-state index is 11.6. The molecule has 0 saturated carbocycles. The standard InChI is InChI=1S/C28H21ClO3.C4H10O/c1-18-15-22-9-7-19(8-14-26(30)20-5-3-2-4-6-20)16-25(22)28(24(18)17-27(31)32)21-10-12-23(29)13-11-21;1-4(2,3)5/h2-7,9-13,15-16,26,30H,17H2,1H3,(H,31,32);5H,1-3H3. The van der Waals surface area contributed by atoms with Gasteiger partial charge >= 0.3 is 5.97 Å². The van der Waals surface area contributed by atoms with Gasteiger partial charge in [-0.05, 0) is 90.6 Å². The average Bonchev–Trinajstić information content (AvgIpc) is 2.83. The molecule has 190 valence electrons. The van der Waals surface area contributed by atoms with Crippen LogP contribution in [0.5, 0.6) is 0 Å². The van der Waals surface area contributed by atoms with Crippen molar-refractivity contribution in [3.8, 4) is 23.0 Å². The van der Waals surface area contributed by atoms with Gasteiger partial charge in [0.1, 0.15) is 6.10 Å². The largest absolute Gasteiger partial charge is 0.481 e. The maximum Gasteiger partial charge on any atom is 0.307 e. The normalized spacial score (nSPS) is 11.6. The van der Waals surface area contributed by atoms with Crippen molar-refractivity contribution < 1.29 is 20.1 Å². The van der Waals surface area contributed by atoms with E-state index in [1.165, 1.54) is 0 Å². The van der Waals surface area contributed by atoms with Crippen molar-refractivity contribution in [3.63, 3.8) is 0 Å². The molecule has 0 fully saturated rings. The second kappa shape index (κ2) is 12.1. The minimum absolute atomic E-state index is 0.0810. The summed E-state index contributed by atoms with van der Waals surface area (Å²) in [5.41, 5.74) is 4.43. The van der Waals surface area contributed by atoms with E-state index < -0.39 is 17.7 Å². The van der Waals surface area contributed by atoms with Crippen LogP contribution >= 0.6 is 11.6 Å². The molecule has 0 heterocycles. The van der Waals surface area contributed by atoms with Crippen LogP contribution in [0.1, 0.15) is 49.1 Å². The number of rotatable bonds is 4. The molecule has 0 aliphatic carbocycles. The molecule has 4 nitrogen and oxygen atoms in total. The Bertz CT molecular complexity index is 1430. The van der Waals surface area contributed by atoms with Crippen LogP contribution in [0, 0.1) is 18.8 Å². The van der Waals surface area contributed by atoms with Gasteiger partial charge in [0.2, 0.25) is 0 Å². The molecular formula is C32H31ClO4. The van der Waals surface area contributed by atoms with E-state index in [1.54, 1.807) is 32.9 Å². The van der Waals surface area contributed by atoms with E-state index in [0.717, 1.165) is 44.2 Å². The Morgan fingerprint density at radius 3 is 2.19 bits per heavy atom. The first-order valence-corrected chi connectivity index (χ1v) is 12.3. The van der Waals surface area contributed by atoms with Gasteiger partial charge in [-0.15, -0.1) is 0 Å². The van der Waals surface area contributed by atoms with E-state index in [1.807, 2.05) is 73.7 Å². The van der Waals surface area contributed by atoms with Crippen LogP contribution in [0.3, 0.4) is 0 Å². The Kier molecular flexibility index (Phi) is 9.13. The molecule has 1 atom stereocenters. The quantitative estimate of drug-likeness (QED) is 0.257. The van der Waals surface area contributed by atoms with E-state index in [4.69, 9.17) is 16.7 Å². The van der Waals surface area contributed by atoms with Gasteiger partial charge in [0.15, 0.2) is 0 Å². The van der Waals surface area contributed by atoms with Crippen LogP contribution in [-0.4, -0.2) is 26.9 Å². The zero-order chi connectivity index (χ0) is 27.2. The molecular weight excluding hydrogens is 484 g/mol. The number of halogens is 1. The summed E-state index contributed by atoms with van der Waals surface area (Å²) in [6.07, 6.45) is -0.967. The second-order valence-corrected chi connectivity index (χ2v) is 10.3. The smallest absolute Gasteiger partial charge is 0.307 e. The monoisotopic (exact) mass is 514 g/mol. The molecule has 0 aromatic heterocycles. The van der Waals surface area contributed by atoms with Crippen molar-refractivity contribution in [1.82, 2.24) is 0 Å². The van der Waals surface area contributed by atoms with E-state index in [-0.39, 0.29) is 6.42 Å². The third-order valence-corrected chi connectivity index (χ3v) is 5.65. The number of benzene rings is 4. The van der Waals surface area contributed by atoms with Gasteiger partial charge in [0, 0.05) is 10.6 Å². The van der Waals surface area contributed by atoms with E-state index in [9.17, 15) is 15.0 Å². The Balaban J connectivity index is 0.000000695. The van der Waals surface area contributed by atoms with E-state index in [2.05, 4.69) is 11.8 Å². The number of hydrogen-bond acceptors (Lipinski definition) is 3. The zero-order valence-corrected chi connectivity index (χ0v) is 22.2. The van der Waals surface area contributed by atoms with Crippen molar-refractivity contribution in [2.24, 2.45) is 0 Å². The molecule has 1 unspecified atom stereocenters. The topological polar surface area (TPSA) is 77.8 Å². The maximum absolute atomic E-state index is 11.6. The molecule has 0 saturated heterocycles. The van der Waals surface area contributed by atoms with Gasteiger partial charge in [0.25, 0.3) is 0 Å². The average molecular weight is 515 g/mol. The Morgan fingerprint density at radius 1 is 0.973 bits per heavy atom. The van der Waals surface area contributed by atoms with Crippen LogP contribution in [0.4, 0.5) is 0 Å². The van der Waals surface area contributed by atoms with E-state index in [0.29, 0.717) is 5.02 Å². The molecule has 0 aliphatic heterocycles. The Morgan fingerprint density at radius 2 is 1.59 bits per heavy atom. The summed E-state index contributed by atoms with van der Waals surface area (Å²) in [4.78, 5) is 11.6. The minimum Gasteiger partial charge on any atom is -0.481 e. The lowest BCUT2D eigenvalue weighted by molar-refractivity contribution is -0.136. The molecule has 0 amide bonds. The number of carboxylic acids is 1. The number of carbonyl (C=O) groups is 1. The molecule has 4 aromatic carbocycles. The predicted molar refractivity (Wildman–Crippen MR) is 151 cm³/mol. The van der Waals surface area contributed by atoms with Gasteiger partial charge in [-0.3, -0.25) is 4.79 Å². The number of aliphatic hydroxyl groups is 2. The SMILES string of the molecule is CC(C)(C)O.Cc1cc2ccc(C#CC(O)c3ccccc3)cc2c(-c2ccc(Cl)cc2)c1CC(=O)O. The summed E-state index contributed by atoms with van der Waals surface area (Å²) >= 11 is 6.08. The molecule has 0 radical (unpaired) electrons. The van der Waals surface area contributed by atoms with Gasteiger partial charge in [-0.2, -0.15) is 0 Å². The predicted octanol–water partition coefficient (Wildman–Crippen LogP) is 6.96. The summed E-state index contributed by atoms with van der Waals surface area (Å²) < 4.78 is 0. The second-order valence-electron chi connectivity index (χ2n) is 9.81. The molecule has 3 N–H and O–H groups in total. The Labute approximate surface area is 223 Å². The van der Waals surface area contributed by atoms with Gasteiger partial charge < -0.3 is 15.3 Å². The third-order valence-electron chi connectivity index (χ3n) is 5.40. The zero-order valence-electron chi connectivity index (χ0n) is 21.4. The molecule has 0 bridgehead atoms. The summed E-state index contributed by atoms with van der Waals surface area (Å²) in [5.74, 6) is 5.07. The first-order valence-electron chi connectivity index (χ1n) is 11.9. The Hall–Kier alpha value is -3.62. The van der Waals surface area contributed by atoms with Crippen LogP contribution in [-0.2, 0) is 11.2 Å². The van der Waals surface area contributed by atoms with Crippen LogP contribution < -0.4 is 0 Å². The van der Waals surface area contributed by atoms with Crippen molar-refractivity contribution >= 4 is 28.3 Å². The van der Waals surface area contributed by atoms with Gasteiger partial charge in [-0.1, -0.05) is 78.0 Å². The number of fused-ring (bicyclic) bond motifs is 1. The summed E-state index contributed by atoms with van der Waals surface area (Å²) in [6.45, 7) is 7.16. The van der Waals surface area contributed by atoms with Gasteiger partial charge in [-0.25, -0.2) is 0 Å². The molecule has 0 aliphatic rings. The molecule has 37 heavy (non-hydrogen) atoms. The van der Waals surface area contributed by atoms with Crippen molar-refractivity contribution in [2.45, 2.75) is 45.8 Å². The number of aliphatic carboxylic acids is 1. The minimum atomic E-state index is -0.886. The number of aliphatic hydroxyl groups excluding tert-OH is 1.